The standard InChI is InChI=1S/C16H13FO2/c1-2-16(18)12-7-9-14(10-8-12)19-11-13-5-3-4-6-15(13)17/h2-10H,1,11H2. The Morgan fingerprint density at radius 2 is 1.84 bits per heavy atom. The van der Waals surface area contributed by atoms with Gasteiger partial charge in [0.25, 0.3) is 0 Å². The highest BCUT2D eigenvalue weighted by Gasteiger charge is 2.03. The molecule has 0 unspecified atom stereocenters. The molecule has 2 aromatic rings. The van der Waals surface area contributed by atoms with Gasteiger partial charge in [0.05, 0.1) is 0 Å². The molecule has 0 aromatic heterocycles. The zero-order chi connectivity index (χ0) is 13.7. The van der Waals surface area contributed by atoms with E-state index in [4.69, 9.17) is 4.74 Å². The Balaban J connectivity index is 2.03. The van der Waals surface area contributed by atoms with E-state index in [9.17, 15) is 9.18 Å². The first-order chi connectivity index (χ1) is 9.20. The van der Waals surface area contributed by atoms with Gasteiger partial charge in [-0.3, -0.25) is 4.79 Å². The van der Waals surface area contributed by atoms with Crippen LogP contribution in [0.25, 0.3) is 0 Å². The first-order valence-electron chi connectivity index (χ1n) is 5.84. The smallest absolute Gasteiger partial charge is 0.185 e. The summed E-state index contributed by atoms with van der Waals surface area (Å²) in [6.07, 6.45) is 1.26. The van der Waals surface area contributed by atoms with Crippen LogP contribution in [-0.4, -0.2) is 5.78 Å². The van der Waals surface area contributed by atoms with Crippen molar-refractivity contribution >= 4 is 5.78 Å². The van der Waals surface area contributed by atoms with E-state index < -0.39 is 0 Å². The zero-order valence-electron chi connectivity index (χ0n) is 10.3. The molecule has 0 heterocycles. The van der Waals surface area contributed by atoms with Gasteiger partial charge in [0.2, 0.25) is 0 Å². The van der Waals surface area contributed by atoms with E-state index >= 15 is 0 Å². The van der Waals surface area contributed by atoms with Crippen LogP contribution in [0.1, 0.15) is 15.9 Å². The molecule has 2 nitrogen and oxygen atoms in total. The molecule has 3 heteroatoms. The van der Waals surface area contributed by atoms with Gasteiger partial charge in [0.15, 0.2) is 5.78 Å². The molecule has 0 amide bonds. The molecular formula is C16H13FO2. The number of ether oxygens (including phenoxy) is 1. The molecule has 96 valence electrons. The van der Waals surface area contributed by atoms with Gasteiger partial charge in [0, 0.05) is 11.1 Å². The van der Waals surface area contributed by atoms with Crippen molar-refractivity contribution < 1.29 is 13.9 Å². The first-order valence-corrected chi connectivity index (χ1v) is 5.84. The highest BCUT2D eigenvalue weighted by Crippen LogP contribution is 2.16. The number of carbonyl (C=O) groups excluding carboxylic acids is 1. The molecule has 0 N–H and O–H groups in total. The summed E-state index contributed by atoms with van der Waals surface area (Å²) in [6.45, 7) is 3.58. The van der Waals surface area contributed by atoms with Crippen LogP contribution in [0.5, 0.6) is 5.75 Å². The van der Waals surface area contributed by atoms with Gasteiger partial charge in [-0.15, -0.1) is 0 Å². The summed E-state index contributed by atoms with van der Waals surface area (Å²) in [5, 5.41) is 0. The summed E-state index contributed by atoms with van der Waals surface area (Å²) in [7, 11) is 0. The van der Waals surface area contributed by atoms with Crippen molar-refractivity contribution in [2.75, 3.05) is 0 Å². The number of hydrogen-bond donors (Lipinski definition) is 0. The van der Waals surface area contributed by atoms with E-state index in [-0.39, 0.29) is 18.2 Å². The average Bonchev–Trinajstić information content (AvgIpc) is 2.46. The van der Waals surface area contributed by atoms with Crippen LogP contribution in [-0.2, 0) is 6.61 Å². The van der Waals surface area contributed by atoms with Gasteiger partial charge < -0.3 is 4.74 Å². The van der Waals surface area contributed by atoms with Crippen molar-refractivity contribution in [2.24, 2.45) is 0 Å². The quantitative estimate of drug-likeness (QED) is 0.601. The van der Waals surface area contributed by atoms with Crippen LogP contribution in [0.2, 0.25) is 0 Å². The lowest BCUT2D eigenvalue weighted by molar-refractivity contribution is 0.104. The summed E-state index contributed by atoms with van der Waals surface area (Å²) < 4.78 is 18.8. The molecule has 0 saturated carbocycles. The van der Waals surface area contributed by atoms with Crippen LogP contribution < -0.4 is 4.74 Å². The number of benzene rings is 2. The Hall–Kier alpha value is -2.42. The van der Waals surface area contributed by atoms with E-state index in [0.717, 1.165) is 0 Å². The zero-order valence-corrected chi connectivity index (χ0v) is 10.3. The summed E-state index contributed by atoms with van der Waals surface area (Å²) >= 11 is 0. The Kier molecular flexibility index (Phi) is 4.08. The van der Waals surface area contributed by atoms with Crippen LogP contribution in [0.15, 0.2) is 61.2 Å². The summed E-state index contributed by atoms with van der Waals surface area (Å²) in [4.78, 5) is 11.3. The predicted octanol–water partition coefficient (Wildman–Crippen LogP) is 3.77. The van der Waals surface area contributed by atoms with Gasteiger partial charge in [-0.2, -0.15) is 0 Å². The molecule has 0 atom stereocenters. The van der Waals surface area contributed by atoms with Crippen molar-refractivity contribution in [2.45, 2.75) is 6.61 Å². The lowest BCUT2D eigenvalue weighted by atomic mass is 10.1. The van der Waals surface area contributed by atoms with E-state index in [1.54, 1.807) is 42.5 Å². The highest BCUT2D eigenvalue weighted by atomic mass is 19.1. The van der Waals surface area contributed by atoms with Crippen LogP contribution in [0.4, 0.5) is 4.39 Å². The normalized spacial score (nSPS) is 9.95. The van der Waals surface area contributed by atoms with E-state index in [1.165, 1.54) is 12.1 Å². The molecule has 0 radical (unpaired) electrons. The Labute approximate surface area is 111 Å². The third-order valence-electron chi connectivity index (χ3n) is 2.68. The summed E-state index contributed by atoms with van der Waals surface area (Å²) in [6, 6.07) is 13.1. The fourth-order valence-electron chi connectivity index (χ4n) is 1.61. The predicted molar refractivity (Wildman–Crippen MR) is 71.7 cm³/mol. The minimum atomic E-state index is -0.291. The maximum absolute atomic E-state index is 13.4. The molecule has 0 spiro atoms. The second kappa shape index (κ2) is 5.96. The molecular weight excluding hydrogens is 243 g/mol. The lowest BCUT2D eigenvalue weighted by Crippen LogP contribution is -1.99. The maximum atomic E-state index is 13.4. The average molecular weight is 256 g/mol. The van der Waals surface area contributed by atoms with Crippen molar-refractivity contribution in [1.29, 1.82) is 0 Å². The van der Waals surface area contributed by atoms with Gasteiger partial charge >= 0.3 is 0 Å². The number of ketones is 1. The number of rotatable bonds is 5. The number of halogens is 1. The van der Waals surface area contributed by atoms with Crippen molar-refractivity contribution in [3.05, 3.63) is 78.1 Å². The first kappa shape index (κ1) is 13.0. The molecule has 0 fully saturated rings. The second-order valence-corrected chi connectivity index (χ2v) is 3.97. The number of hydrogen-bond acceptors (Lipinski definition) is 2. The van der Waals surface area contributed by atoms with E-state index in [1.807, 2.05) is 0 Å². The van der Waals surface area contributed by atoms with Gasteiger partial charge in [0.1, 0.15) is 18.2 Å². The minimum absolute atomic E-state index is 0.138. The van der Waals surface area contributed by atoms with Crippen molar-refractivity contribution in [3.63, 3.8) is 0 Å². The largest absolute Gasteiger partial charge is 0.489 e. The molecule has 0 saturated heterocycles. The van der Waals surface area contributed by atoms with Gasteiger partial charge in [-0.05, 0) is 36.4 Å². The SMILES string of the molecule is C=CC(=O)c1ccc(OCc2ccccc2F)cc1. The fraction of sp³-hybridized carbons (Fsp3) is 0.0625. The number of allylic oxidation sites excluding steroid dienone is 1. The molecule has 0 aliphatic rings. The Bertz CT molecular complexity index is 588. The summed E-state index contributed by atoms with van der Waals surface area (Å²) in [5.74, 6) is 0.158. The fourth-order valence-corrected chi connectivity index (χ4v) is 1.61. The third kappa shape index (κ3) is 3.28. The second-order valence-electron chi connectivity index (χ2n) is 3.97. The molecule has 0 bridgehead atoms. The molecule has 2 rings (SSSR count). The monoisotopic (exact) mass is 256 g/mol. The van der Waals surface area contributed by atoms with Crippen molar-refractivity contribution in [1.82, 2.24) is 0 Å². The van der Waals surface area contributed by atoms with Crippen LogP contribution in [0.3, 0.4) is 0 Å². The van der Waals surface area contributed by atoms with Crippen LogP contribution in [0, 0.1) is 5.82 Å². The molecule has 0 aliphatic heterocycles. The third-order valence-corrected chi connectivity index (χ3v) is 2.68. The lowest BCUT2D eigenvalue weighted by Gasteiger charge is -2.07. The summed E-state index contributed by atoms with van der Waals surface area (Å²) in [5.41, 5.74) is 1.04. The minimum Gasteiger partial charge on any atom is -0.489 e. The van der Waals surface area contributed by atoms with Gasteiger partial charge in [-0.1, -0.05) is 24.8 Å². The molecule has 0 aliphatic carbocycles. The Morgan fingerprint density at radius 3 is 2.47 bits per heavy atom. The molecule has 19 heavy (non-hydrogen) atoms. The van der Waals surface area contributed by atoms with Gasteiger partial charge in [-0.25, -0.2) is 4.39 Å². The van der Waals surface area contributed by atoms with Crippen LogP contribution >= 0.6 is 0 Å². The van der Waals surface area contributed by atoms with E-state index in [0.29, 0.717) is 16.9 Å². The topological polar surface area (TPSA) is 26.3 Å². The number of carbonyl (C=O) groups is 1. The maximum Gasteiger partial charge on any atom is 0.185 e. The molecule has 2 aromatic carbocycles. The van der Waals surface area contributed by atoms with Crippen molar-refractivity contribution in [3.8, 4) is 5.75 Å². The Morgan fingerprint density at radius 1 is 1.16 bits per heavy atom. The highest BCUT2D eigenvalue weighted by molar-refractivity contribution is 6.04. The van der Waals surface area contributed by atoms with E-state index in [2.05, 4.69) is 6.58 Å².